The first kappa shape index (κ1) is 22.4. The number of alkyl halides is 3. The summed E-state index contributed by atoms with van der Waals surface area (Å²) in [6.07, 6.45) is -4.54. The monoisotopic (exact) mass is 428 g/mol. The van der Waals surface area contributed by atoms with Crippen LogP contribution in [0.5, 0.6) is 0 Å². The van der Waals surface area contributed by atoms with Gasteiger partial charge in [0.05, 0.1) is 29.0 Å². The molecule has 1 aromatic carbocycles. The van der Waals surface area contributed by atoms with Crippen molar-refractivity contribution in [1.82, 2.24) is 0 Å². The quantitative estimate of drug-likeness (QED) is 0.677. The summed E-state index contributed by atoms with van der Waals surface area (Å²) in [5.41, 5.74) is 4.38. The van der Waals surface area contributed by atoms with Crippen molar-refractivity contribution in [2.24, 2.45) is 5.73 Å². The van der Waals surface area contributed by atoms with E-state index in [-0.39, 0.29) is 33.0 Å². The summed E-state index contributed by atoms with van der Waals surface area (Å²) in [5, 5.41) is 2.47. The second kappa shape index (κ2) is 8.64. The van der Waals surface area contributed by atoms with Crippen LogP contribution in [0.1, 0.15) is 56.0 Å². The summed E-state index contributed by atoms with van der Waals surface area (Å²) in [6.45, 7) is 3.04. The molecule has 0 radical (unpaired) electrons. The van der Waals surface area contributed by atoms with E-state index in [2.05, 4.69) is 10.1 Å². The number of benzene rings is 1. The minimum atomic E-state index is -4.62. The van der Waals surface area contributed by atoms with Crippen LogP contribution >= 0.6 is 11.3 Å². The molecule has 0 saturated carbocycles. The lowest BCUT2D eigenvalue weighted by Crippen LogP contribution is -2.24. The van der Waals surface area contributed by atoms with Gasteiger partial charge in [-0.3, -0.25) is 9.59 Å². The van der Waals surface area contributed by atoms with E-state index in [9.17, 15) is 27.6 Å². The minimum absolute atomic E-state index is 0.00362. The fourth-order valence-electron chi connectivity index (χ4n) is 2.99. The van der Waals surface area contributed by atoms with Gasteiger partial charge in [0, 0.05) is 0 Å². The van der Waals surface area contributed by atoms with Crippen molar-refractivity contribution >= 4 is 34.1 Å². The highest BCUT2D eigenvalue weighted by molar-refractivity contribution is 7.18. The molecule has 0 aliphatic heterocycles. The predicted molar refractivity (Wildman–Crippen MR) is 102 cm³/mol. The molecule has 3 N–H and O–H groups in total. The first-order chi connectivity index (χ1) is 13.5. The Labute approximate surface area is 168 Å². The van der Waals surface area contributed by atoms with Crippen LogP contribution in [0.2, 0.25) is 0 Å². The molecule has 1 aromatic heterocycles. The van der Waals surface area contributed by atoms with Crippen LogP contribution in [-0.2, 0) is 15.7 Å². The van der Waals surface area contributed by atoms with E-state index in [1.807, 2.05) is 0 Å². The molecule has 0 spiro atoms. The normalized spacial score (nSPS) is 12.3. The summed E-state index contributed by atoms with van der Waals surface area (Å²) in [5.74, 6) is -3.47. The lowest BCUT2D eigenvalue weighted by molar-refractivity contribution is -0.138. The van der Waals surface area contributed by atoms with Crippen molar-refractivity contribution in [2.45, 2.75) is 32.4 Å². The molecule has 0 aliphatic rings. The molecule has 2 aromatic rings. The van der Waals surface area contributed by atoms with Gasteiger partial charge in [0.1, 0.15) is 5.00 Å². The Morgan fingerprint density at radius 2 is 1.86 bits per heavy atom. The van der Waals surface area contributed by atoms with E-state index in [1.165, 1.54) is 25.1 Å². The molecule has 0 saturated heterocycles. The van der Waals surface area contributed by atoms with Crippen molar-refractivity contribution in [3.8, 4) is 0 Å². The first-order valence-corrected chi connectivity index (χ1v) is 9.33. The fraction of sp³-hybridized carbons (Fsp3) is 0.316. The average molecular weight is 428 g/mol. The minimum Gasteiger partial charge on any atom is -0.465 e. The number of hydrogen-bond acceptors (Lipinski definition) is 5. The average Bonchev–Trinajstić information content (AvgIpc) is 2.97. The lowest BCUT2D eigenvalue weighted by atomic mass is 9.91. The van der Waals surface area contributed by atoms with Crippen LogP contribution < -0.4 is 11.1 Å². The molecule has 1 heterocycles. The number of hydrogen-bond donors (Lipinski definition) is 2. The van der Waals surface area contributed by atoms with Gasteiger partial charge in [-0.2, -0.15) is 13.2 Å². The molecule has 2 amide bonds. The number of primary amides is 1. The third-order valence-electron chi connectivity index (χ3n) is 4.36. The van der Waals surface area contributed by atoms with Crippen molar-refractivity contribution < 1.29 is 32.3 Å². The van der Waals surface area contributed by atoms with Gasteiger partial charge in [-0.05, 0) is 30.5 Å². The topological polar surface area (TPSA) is 98.5 Å². The zero-order valence-corrected chi connectivity index (χ0v) is 16.7. The number of rotatable bonds is 6. The number of anilines is 1. The number of nitrogens with one attached hydrogen (secondary N) is 1. The molecule has 1 atom stereocenters. The van der Waals surface area contributed by atoms with Crippen LogP contribution in [0.15, 0.2) is 24.3 Å². The van der Waals surface area contributed by atoms with Crippen LogP contribution in [0.3, 0.4) is 0 Å². The van der Waals surface area contributed by atoms with E-state index in [0.717, 1.165) is 24.5 Å². The third kappa shape index (κ3) is 4.58. The van der Waals surface area contributed by atoms with Gasteiger partial charge in [0.25, 0.3) is 5.91 Å². The SMILES string of the molecule is CCC(C(=O)Nc1sc(C(N)=O)c(C)c1C(=O)OC)c1ccccc1C(F)(F)F. The number of nitrogens with two attached hydrogens (primary N) is 1. The Morgan fingerprint density at radius 3 is 2.38 bits per heavy atom. The van der Waals surface area contributed by atoms with Crippen LogP contribution in [0, 0.1) is 6.92 Å². The van der Waals surface area contributed by atoms with Crippen LogP contribution in [0.25, 0.3) is 0 Å². The number of halogens is 3. The van der Waals surface area contributed by atoms with E-state index >= 15 is 0 Å². The largest absolute Gasteiger partial charge is 0.465 e. The van der Waals surface area contributed by atoms with Crippen molar-refractivity contribution in [3.05, 3.63) is 51.4 Å². The molecular weight excluding hydrogens is 409 g/mol. The van der Waals surface area contributed by atoms with Crippen LogP contribution in [0.4, 0.5) is 18.2 Å². The number of amides is 2. The number of thiophene rings is 1. The number of methoxy groups -OCH3 is 1. The molecule has 6 nitrogen and oxygen atoms in total. The summed E-state index contributed by atoms with van der Waals surface area (Å²) >= 11 is 0.770. The Balaban J connectivity index is 2.48. The maximum atomic E-state index is 13.4. The zero-order chi connectivity index (χ0) is 21.9. The number of carbonyl (C=O) groups is 3. The van der Waals surface area contributed by atoms with Crippen molar-refractivity contribution in [2.75, 3.05) is 12.4 Å². The van der Waals surface area contributed by atoms with Gasteiger partial charge in [0.15, 0.2) is 0 Å². The number of esters is 1. The summed E-state index contributed by atoms with van der Waals surface area (Å²) in [4.78, 5) is 36.6. The predicted octanol–water partition coefficient (Wildman–Crippen LogP) is 4.09. The van der Waals surface area contributed by atoms with Crippen molar-refractivity contribution in [1.29, 1.82) is 0 Å². The van der Waals surface area contributed by atoms with E-state index in [4.69, 9.17) is 5.73 Å². The third-order valence-corrected chi connectivity index (χ3v) is 5.58. The van der Waals surface area contributed by atoms with Gasteiger partial charge in [-0.1, -0.05) is 25.1 Å². The second-order valence-corrected chi connectivity index (χ2v) is 7.17. The van der Waals surface area contributed by atoms with E-state index in [0.29, 0.717) is 0 Å². The summed E-state index contributed by atoms with van der Waals surface area (Å²) in [6, 6.07) is 4.81. The summed E-state index contributed by atoms with van der Waals surface area (Å²) in [7, 11) is 1.13. The molecule has 29 heavy (non-hydrogen) atoms. The first-order valence-electron chi connectivity index (χ1n) is 8.51. The highest BCUT2D eigenvalue weighted by Crippen LogP contribution is 2.38. The zero-order valence-electron chi connectivity index (χ0n) is 15.8. The Bertz CT molecular complexity index is 953. The molecule has 10 heteroatoms. The maximum absolute atomic E-state index is 13.4. The van der Waals surface area contributed by atoms with Gasteiger partial charge >= 0.3 is 12.1 Å². The molecule has 2 rings (SSSR count). The molecular formula is C19H19F3N2O4S. The Hall–Kier alpha value is -2.88. The Kier molecular flexibility index (Phi) is 6.68. The van der Waals surface area contributed by atoms with Gasteiger partial charge in [-0.15, -0.1) is 11.3 Å². The molecule has 156 valence electrons. The van der Waals surface area contributed by atoms with Gasteiger partial charge < -0.3 is 15.8 Å². The molecule has 0 fully saturated rings. The smallest absolute Gasteiger partial charge is 0.416 e. The number of carbonyl (C=O) groups excluding carboxylic acids is 3. The molecule has 0 bridgehead atoms. The fourth-order valence-corrected chi connectivity index (χ4v) is 4.04. The second-order valence-electron chi connectivity index (χ2n) is 6.15. The van der Waals surface area contributed by atoms with Crippen molar-refractivity contribution in [3.63, 3.8) is 0 Å². The lowest BCUT2D eigenvalue weighted by Gasteiger charge is -2.20. The highest BCUT2D eigenvalue weighted by atomic mass is 32.1. The highest BCUT2D eigenvalue weighted by Gasteiger charge is 2.36. The number of ether oxygens (including phenoxy) is 1. The molecule has 0 aliphatic carbocycles. The van der Waals surface area contributed by atoms with Crippen LogP contribution in [-0.4, -0.2) is 24.9 Å². The van der Waals surface area contributed by atoms with E-state index in [1.54, 1.807) is 6.92 Å². The standard InChI is InChI=1S/C19H19F3N2O4S/c1-4-10(11-7-5-6-8-12(11)19(20,21)22)16(26)24-17-13(18(27)28-3)9(2)14(29-17)15(23)25/h5-8,10H,4H2,1-3H3,(H2,23,25)(H,24,26). The Morgan fingerprint density at radius 1 is 1.24 bits per heavy atom. The summed E-state index contributed by atoms with van der Waals surface area (Å²) < 4.78 is 44.7. The van der Waals surface area contributed by atoms with E-state index < -0.39 is 35.4 Å². The van der Waals surface area contributed by atoms with Gasteiger partial charge in [-0.25, -0.2) is 4.79 Å². The molecule has 1 unspecified atom stereocenters. The maximum Gasteiger partial charge on any atom is 0.416 e. The van der Waals surface area contributed by atoms with Gasteiger partial charge in [0.2, 0.25) is 5.91 Å².